The van der Waals surface area contributed by atoms with Gasteiger partial charge in [0.25, 0.3) is 0 Å². The molecular formula is C15H21Cl3N6O4. The lowest BCUT2D eigenvalue weighted by molar-refractivity contribution is -0.0574. The molecule has 0 spiro atoms. The molecule has 1 aliphatic rings. The van der Waals surface area contributed by atoms with Gasteiger partial charge in [-0.3, -0.25) is 0 Å². The summed E-state index contributed by atoms with van der Waals surface area (Å²) in [4.78, 5) is 8.28. The summed E-state index contributed by atoms with van der Waals surface area (Å²) in [5.74, 6) is 0.510. The minimum absolute atomic E-state index is 0.361. The number of fused-ring (bicyclic) bond motifs is 1. The Morgan fingerprint density at radius 3 is 2.54 bits per heavy atom. The summed E-state index contributed by atoms with van der Waals surface area (Å²) in [6.07, 6.45) is -0.969. The van der Waals surface area contributed by atoms with Crippen molar-refractivity contribution in [2.45, 2.75) is 42.7 Å². The number of rotatable bonds is 5. The zero-order valence-corrected chi connectivity index (χ0v) is 17.3. The van der Waals surface area contributed by atoms with Crippen molar-refractivity contribution in [3.05, 3.63) is 18.0 Å². The van der Waals surface area contributed by atoms with Gasteiger partial charge in [-0.05, 0) is 13.8 Å². The van der Waals surface area contributed by atoms with E-state index < -0.39 is 35.4 Å². The van der Waals surface area contributed by atoms with Gasteiger partial charge in [0.2, 0.25) is 0 Å². The molecule has 4 N–H and O–H groups in total. The van der Waals surface area contributed by atoms with Gasteiger partial charge in [-0.15, -0.1) is 5.10 Å². The molecule has 10 nitrogen and oxygen atoms in total. The molecule has 0 aromatic carbocycles. The molecule has 1 fully saturated rings. The van der Waals surface area contributed by atoms with Crippen molar-refractivity contribution in [2.24, 2.45) is 0 Å². The van der Waals surface area contributed by atoms with Gasteiger partial charge in [-0.2, -0.15) is 4.68 Å². The number of aliphatic hydroxyl groups excluding tert-OH is 3. The zero-order valence-electron chi connectivity index (χ0n) is 15.1. The van der Waals surface area contributed by atoms with Crippen molar-refractivity contribution < 1.29 is 20.1 Å². The molecule has 2 aromatic heterocycles. The van der Waals surface area contributed by atoms with Crippen LogP contribution in [0.3, 0.4) is 0 Å². The lowest BCUT2D eigenvalue weighted by Gasteiger charge is -2.14. The van der Waals surface area contributed by atoms with Gasteiger partial charge in [0, 0.05) is 6.54 Å². The number of hydrogen-bond donors (Lipinski definition) is 4. The second-order valence-electron chi connectivity index (χ2n) is 6.07. The minimum Gasteiger partial charge on any atom is -0.394 e. The molecule has 3 rings (SSSR count). The average Bonchev–Trinajstić information content (AvgIpc) is 3.17. The van der Waals surface area contributed by atoms with Crippen LogP contribution >= 0.6 is 34.8 Å². The maximum Gasteiger partial charge on any atom is 0.186 e. The largest absolute Gasteiger partial charge is 0.394 e. The van der Waals surface area contributed by atoms with E-state index in [2.05, 4.69) is 25.6 Å². The fraction of sp³-hybridized carbons (Fsp3) is 0.600. The summed E-state index contributed by atoms with van der Waals surface area (Å²) in [6, 6.07) is 0. The van der Waals surface area contributed by atoms with Crippen molar-refractivity contribution in [3.8, 4) is 0 Å². The molecule has 4 atom stereocenters. The monoisotopic (exact) mass is 454 g/mol. The lowest BCUT2D eigenvalue weighted by Crippen LogP contribution is -2.33. The third kappa shape index (κ3) is 5.63. The van der Waals surface area contributed by atoms with Crippen LogP contribution < -0.4 is 5.32 Å². The number of nitrogens with zero attached hydrogens (tertiary/aromatic N) is 5. The summed E-state index contributed by atoms with van der Waals surface area (Å²) in [7, 11) is 0. The number of ether oxygens (including phenoxy) is 1. The second-order valence-corrected chi connectivity index (χ2v) is 8.05. The van der Waals surface area contributed by atoms with Crippen LogP contribution in [0.4, 0.5) is 5.82 Å². The van der Waals surface area contributed by atoms with Gasteiger partial charge in [0.15, 0.2) is 27.5 Å². The van der Waals surface area contributed by atoms with Crippen LogP contribution in [0, 0.1) is 0 Å². The van der Waals surface area contributed by atoms with E-state index in [9.17, 15) is 15.3 Å². The molecule has 156 valence electrons. The molecule has 1 aliphatic heterocycles. The van der Waals surface area contributed by atoms with E-state index in [1.165, 1.54) is 16.6 Å². The smallest absolute Gasteiger partial charge is 0.186 e. The second kappa shape index (κ2) is 10.5. The number of alkyl halides is 3. The van der Waals surface area contributed by atoms with Gasteiger partial charge in [-0.1, -0.05) is 51.7 Å². The molecule has 28 heavy (non-hydrogen) atoms. The number of hydrogen-bond acceptors (Lipinski definition) is 9. The van der Waals surface area contributed by atoms with E-state index in [0.717, 1.165) is 0 Å². The Balaban J connectivity index is 0.000000640. The van der Waals surface area contributed by atoms with Crippen LogP contribution in [0.5, 0.6) is 0 Å². The Morgan fingerprint density at radius 2 is 1.96 bits per heavy atom. The number of anilines is 1. The third-order valence-electron chi connectivity index (χ3n) is 3.80. The van der Waals surface area contributed by atoms with E-state index in [0.29, 0.717) is 23.5 Å². The summed E-state index contributed by atoms with van der Waals surface area (Å²) in [6.45, 7) is 4.16. The number of nitrogens with one attached hydrogen (secondary N) is 1. The molecule has 0 aliphatic carbocycles. The van der Waals surface area contributed by atoms with Crippen LogP contribution in [0.15, 0.2) is 18.0 Å². The summed E-state index contributed by atoms with van der Waals surface area (Å²) in [5, 5.41) is 40.3. The Morgan fingerprint density at radius 1 is 1.29 bits per heavy atom. The quantitative estimate of drug-likeness (QED) is 0.387. The summed E-state index contributed by atoms with van der Waals surface area (Å²) in [5.41, 5.74) is 1.96. The predicted molar refractivity (Wildman–Crippen MR) is 105 cm³/mol. The number of halogens is 3. The highest BCUT2D eigenvalue weighted by atomic mass is 35.6. The summed E-state index contributed by atoms with van der Waals surface area (Å²) >= 11 is 14.4. The van der Waals surface area contributed by atoms with E-state index in [-0.39, 0.29) is 0 Å². The SMILES string of the molecule is CC(C)=CCNc1ncnc2c1nnn2C1OC(CO)C(O)C1O.ClC(Cl)Cl. The predicted octanol–water partition coefficient (Wildman–Crippen LogP) is 1.20. The molecule has 1 saturated heterocycles. The van der Waals surface area contributed by atoms with Gasteiger partial charge in [-0.25, -0.2) is 9.97 Å². The van der Waals surface area contributed by atoms with Gasteiger partial charge < -0.3 is 25.4 Å². The Bertz CT molecular complexity index is 798. The Hall–Kier alpha value is -1.27. The molecule has 3 heterocycles. The number of aliphatic hydroxyl groups is 3. The molecule has 13 heteroatoms. The van der Waals surface area contributed by atoms with E-state index in [1.54, 1.807) is 0 Å². The van der Waals surface area contributed by atoms with Crippen molar-refractivity contribution >= 4 is 51.8 Å². The van der Waals surface area contributed by atoms with Crippen LogP contribution in [-0.2, 0) is 4.74 Å². The van der Waals surface area contributed by atoms with Crippen LogP contribution in [0.1, 0.15) is 20.1 Å². The Kier molecular flexibility index (Phi) is 8.62. The van der Waals surface area contributed by atoms with Gasteiger partial charge >= 0.3 is 0 Å². The first-order valence-corrected chi connectivity index (χ1v) is 9.55. The number of allylic oxidation sites excluding steroid dienone is 1. The Labute approximate surface area is 176 Å². The van der Waals surface area contributed by atoms with Crippen molar-refractivity contribution in [1.82, 2.24) is 25.0 Å². The van der Waals surface area contributed by atoms with Gasteiger partial charge in [0.1, 0.15) is 24.6 Å². The first-order chi connectivity index (χ1) is 13.3. The van der Waals surface area contributed by atoms with Crippen LogP contribution in [-0.4, -0.2) is 76.0 Å². The molecule has 0 saturated carbocycles. The van der Waals surface area contributed by atoms with Gasteiger partial charge in [0.05, 0.1) is 6.61 Å². The highest BCUT2D eigenvalue weighted by molar-refractivity contribution is 6.63. The van der Waals surface area contributed by atoms with Crippen LogP contribution in [0.25, 0.3) is 11.2 Å². The minimum atomic E-state index is -1.25. The van der Waals surface area contributed by atoms with Crippen LogP contribution in [0.2, 0.25) is 0 Å². The first-order valence-electron chi connectivity index (χ1n) is 8.24. The molecule has 2 aromatic rings. The fourth-order valence-corrected chi connectivity index (χ4v) is 2.50. The number of aromatic nitrogens is 5. The van der Waals surface area contributed by atoms with Crippen molar-refractivity contribution in [3.63, 3.8) is 0 Å². The maximum atomic E-state index is 10.1. The molecule has 0 amide bonds. The van der Waals surface area contributed by atoms with Crippen molar-refractivity contribution in [2.75, 3.05) is 18.5 Å². The molecule has 0 bridgehead atoms. The topological polar surface area (TPSA) is 138 Å². The third-order valence-corrected chi connectivity index (χ3v) is 3.80. The van der Waals surface area contributed by atoms with E-state index in [1.807, 2.05) is 19.9 Å². The summed E-state index contributed by atoms with van der Waals surface area (Å²) < 4.78 is 5.99. The standard InChI is InChI=1S/C14H20N6O4.CHCl3/c1-7(2)3-4-15-12-9-13(17-6-16-12)20(19-18-9)14-11(23)10(22)8(5-21)24-14;2-1(3)4/h3,6,8,10-11,14,21-23H,4-5H2,1-2H3,(H,15,16,17);1H. The molecular weight excluding hydrogens is 435 g/mol. The van der Waals surface area contributed by atoms with Crippen molar-refractivity contribution in [1.29, 1.82) is 0 Å². The average molecular weight is 456 g/mol. The first kappa shape index (κ1) is 23.0. The normalized spacial score (nSPS) is 24.2. The van der Waals surface area contributed by atoms with E-state index in [4.69, 9.17) is 39.5 Å². The fourth-order valence-electron chi connectivity index (χ4n) is 2.50. The highest BCUT2D eigenvalue weighted by Gasteiger charge is 2.44. The maximum absolute atomic E-state index is 10.1. The molecule has 4 unspecified atom stereocenters. The lowest BCUT2D eigenvalue weighted by atomic mass is 10.1. The van der Waals surface area contributed by atoms with E-state index >= 15 is 0 Å². The highest BCUT2D eigenvalue weighted by Crippen LogP contribution is 2.31. The molecule has 0 radical (unpaired) electrons. The zero-order chi connectivity index (χ0) is 20.8.